The topological polar surface area (TPSA) is 101 Å². The Balaban J connectivity index is 3.04. The summed E-state index contributed by atoms with van der Waals surface area (Å²) >= 11 is 5.76. The molecule has 9 heteroatoms. The molecule has 106 valence electrons. The van der Waals surface area contributed by atoms with Gasteiger partial charge in [0.05, 0.1) is 9.95 Å². The maximum atomic E-state index is 12.0. The van der Waals surface area contributed by atoms with E-state index in [2.05, 4.69) is 10.0 Å². The molecular formula is C10H14ClN3O4S. The highest BCUT2D eigenvalue weighted by molar-refractivity contribution is 7.89. The molecule has 0 amide bonds. The predicted molar refractivity (Wildman–Crippen MR) is 71.8 cm³/mol. The molecular weight excluding hydrogens is 294 g/mol. The Hall–Kier alpha value is -1.22. The van der Waals surface area contributed by atoms with Crippen LogP contribution in [0.3, 0.4) is 0 Å². The van der Waals surface area contributed by atoms with Crippen molar-refractivity contribution < 1.29 is 13.3 Å². The molecule has 7 nitrogen and oxygen atoms in total. The summed E-state index contributed by atoms with van der Waals surface area (Å²) in [4.78, 5) is 9.56. The fourth-order valence-corrected chi connectivity index (χ4v) is 3.16. The molecule has 0 saturated heterocycles. The van der Waals surface area contributed by atoms with Gasteiger partial charge in [0.2, 0.25) is 10.0 Å². The van der Waals surface area contributed by atoms with Crippen molar-refractivity contribution in [1.82, 2.24) is 10.0 Å². The van der Waals surface area contributed by atoms with Crippen LogP contribution < -0.4 is 10.0 Å². The summed E-state index contributed by atoms with van der Waals surface area (Å²) in [6, 6.07) is 3.73. The number of sulfonamides is 1. The van der Waals surface area contributed by atoms with Gasteiger partial charge in [-0.15, -0.1) is 0 Å². The molecule has 0 aliphatic heterocycles. The van der Waals surface area contributed by atoms with Crippen LogP contribution >= 0.6 is 11.6 Å². The van der Waals surface area contributed by atoms with E-state index in [1.54, 1.807) is 0 Å². The van der Waals surface area contributed by atoms with Gasteiger partial charge in [-0.2, -0.15) is 0 Å². The summed E-state index contributed by atoms with van der Waals surface area (Å²) in [6.07, 6.45) is 0. The van der Waals surface area contributed by atoms with Gasteiger partial charge in [-0.1, -0.05) is 24.6 Å². The van der Waals surface area contributed by atoms with E-state index in [1.807, 2.05) is 6.92 Å². The van der Waals surface area contributed by atoms with Gasteiger partial charge in [0.25, 0.3) is 5.69 Å². The largest absolute Gasteiger partial charge is 0.316 e. The zero-order chi connectivity index (χ0) is 14.5. The highest BCUT2D eigenvalue weighted by Crippen LogP contribution is 2.30. The van der Waals surface area contributed by atoms with Gasteiger partial charge in [-0.25, -0.2) is 13.1 Å². The van der Waals surface area contributed by atoms with E-state index in [4.69, 9.17) is 11.6 Å². The normalized spacial score (nSPS) is 11.5. The van der Waals surface area contributed by atoms with E-state index >= 15 is 0 Å². The number of hydrogen-bond donors (Lipinski definition) is 2. The van der Waals surface area contributed by atoms with Crippen molar-refractivity contribution >= 4 is 27.3 Å². The van der Waals surface area contributed by atoms with E-state index in [-0.39, 0.29) is 11.6 Å². The van der Waals surface area contributed by atoms with Gasteiger partial charge in [-0.05, 0) is 12.6 Å². The van der Waals surface area contributed by atoms with Gasteiger partial charge in [0.1, 0.15) is 0 Å². The van der Waals surface area contributed by atoms with Crippen molar-refractivity contribution in [3.8, 4) is 0 Å². The lowest BCUT2D eigenvalue weighted by Gasteiger charge is -2.08. The highest BCUT2D eigenvalue weighted by atomic mass is 35.5. The standard InChI is InChI=1S/C10H14ClN3O4S/c1-2-12-6-7-13-19(17,18)10-8(11)4-3-5-9(10)14(15)16/h3-5,12-13H,2,6-7H2,1H3. The minimum Gasteiger partial charge on any atom is -0.316 e. The number of rotatable bonds is 7. The van der Waals surface area contributed by atoms with Crippen molar-refractivity contribution in [3.05, 3.63) is 33.3 Å². The number of nitrogens with zero attached hydrogens (tertiary/aromatic N) is 1. The monoisotopic (exact) mass is 307 g/mol. The fraction of sp³-hybridized carbons (Fsp3) is 0.400. The first-order valence-corrected chi connectivity index (χ1v) is 7.39. The molecule has 1 rings (SSSR count). The van der Waals surface area contributed by atoms with Gasteiger partial charge >= 0.3 is 0 Å². The van der Waals surface area contributed by atoms with Crippen molar-refractivity contribution in [2.24, 2.45) is 0 Å². The zero-order valence-corrected chi connectivity index (χ0v) is 11.8. The Morgan fingerprint density at radius 3 is 2.63 bits per heavy atom. The van der Waals surface area contributed by atoms with Crippen molar-refractivity contribution in [2.45, 2.75) is 11.8 Å². The van der Waals surface area contributed by atoms with Crippen LogP contribution in [0.25, 0.3) is 0 Å². The second-order valence-corrected chi connectivity index (χ2v) is 5.71. The van der Waals surface area contributed by atoms with Crippen molar-refractivity contribution in [2.75, 3.05) is 19.6 Å². The van der Waals surface area contributed by atoms with Gasteiger partial charge in [0, 0.05) is 19.2 Å². The molecule has 0 bridgehead atoms. The van der Waals surface area contributed by atoms with Gasteiger partial charge < -0.3 is 5.32 Å². The first kappa shape index (κ1) is 15.8. The summed E-state index contributed by atoms with van der Waals surface area (Å²) in [6.45, 7) is 3.13. The maximum Gasteiger partial charge on any atom is 0.290 e. The Morgan fingerprint density at radius 1 is 1.37 bits per heavy atom. The first-order chi connectivity index (χ1) is 8.90. The quantitative estimate of drug-likeness (QED) is 0.447. The average molecular weight is 308 g/mol. The maximum absolute atomic E-state index is 12.0. The molecule has 0 aliphatic carbocycles. The summed E-state index contributed by atoms with van der Waals surface area (Å²) in [5.41, 5.74) is -0.538. The molecule has 0 radical (unpaired) electrons. The van der Waals surface area contributed by atoms with Crippen molar-refractivity contribution in [1.29, 1.82) is 0 Å². The lowest BCUT2D eigenvalue weighted by atomic mass is 10.3. The number of nitrogens with one attached hydrogen (secondary N) is 2. The number of benzene rings is 1. The van der Waals surface area contributed by atoms with Crippen LogP contribution in [0.2, 0.25) is 5.02 Å². The smallest absolute Gasteiger partial charge is 0.290 e. The third-order valence-corrected chi connectivity index (χ3v) is 4.23. The Bertz CT molecular complexity index is 562. The van der Waals surface area contributed by atoms with Crippen LogP contribution in [0.15, 0.2) is 23.1 Å². The van der Waals surface area contributed by atoms with E-state index < -0.39 is 25.5 Å². The zero-order valence-electron chi connectivity index (χ0n) is 10.2. The molecule has 2 N–H and O–H groups in total. The minimum atomic E-state index is -4.01. The summed E-state index contributed by atoms with van der Waals surface area (Å²) in [5.74, 6) is 0. The summed E-state index contributed by atoms with van der Waals surface area (Å²) < 4.78 is 26.3. The molecule has 0 aromatic heterocycles. The summed E-state index contributed by atoms with van der Waals surface area (Å²) in [7, 11) is -4.01. The molecule has 0 saturated carbocycles. The average Bonchev–Trinajstić information content (AvgIpc) is 2.34. The molecule has 0 fully saturated rings. The summed E-state index contributed by atoms with van der Waals surface area (Å²) in [5, 5.41) is 13.6. The molecule has 0 aliphatic rings. The van der Waals surface area contributed by atoms with Crippen LogP contribution in [0.4, 0.5) is 5.69 Å². The second kappa shape index (κ2) is 6.80. The third-order valence-electron chi connectivity index (χ3n) is 2.26. The molecule has 1 aromatic carbocycles. The Kier molecular flexibility index (Phi) is 5.67. The van der Waals surface area contributed by atoms with Crippen molar-refractivity contribution in [3.63, 3.8) is 0 Å². The molecule has 19 heavy (non-hydrogen) atoms. The molecule has 0 unspecified atom stereocenters. The van der Waals surface area contributed by atoms with E-state index in [0.29, 0.717) is 13.1 Å². The van der Waals surface area contributed by atoms with E-state index in [0.717, 1.165) is 6.07 Å². The minimum absolute atomic E-state index is 0.124. The van der Waals surface area contributed by atoms with Gasteiger partial charge in [0.15, 0.2) is 4.90 Å². The molecule has 0 spiro atoms. The Morgan fingerprint density at radius 2 is 2.05 bits per heavy atom. The number of likely N-dealkylation sites (N-methyl/N-ethyl adjacent to an activating group) is 1. The highest BCUT2D eigenvalue weighted by Gasteiger charge is 2.28. The molecule has 0 heterocycles. The lowest BCUT2D eigenvalue weighted by Crippen LogP contribution is -2.32. The van der Waals surface area contributed by atoms with Crippen LogP contribution in [-0.4, -0.2) is 33.0 Å². The van der Waals surface area contributed by atoms with Gasteiger partial charge in [-0.3, -0.25) is 10.1 Å². The molecule has 0 atom stereocenters. The SMILES string of the molecule is CCNCCNS(=O)(=O)c1c(Cl)cccc1[N+](=O)[O-]. The number of halogens is 1. The third kappa shape index (κ3) is 4.13. The number of nitro groups is 1. The lowest BCUT2D eigenvalue weighted by molar-refractivity contribution is -0.387. The molecule has 1 aromatic rings. The van der Waals surface area contributed by atoms with Crippen LogP contribution in [0.5, 0.6) is 0 Å². The fourth-order valence-electron chi connectivity index (χ4n) is 1.43. The number of nitro benzene ring substituents is 1. The van der Waals surface area contributed by atoms with E-state index in [9.17, 15) is 18.5 Å². The van der Waals surface area contributed by atoms with Crippen LogP contribution in [-0.2, 0) is 10.0 Å². The van der Waals surface area contributed by atoms with E-state index in [1.165, 1.54) is 12.1 Å². The number of hydrogen-bond acceptors (Lipinski definition) is 5. The van der Waals surface area contributed by atoms with Crippen LogP contribution in [0, 0.1) is 10.1 Å². The second-order valence-electron chi connectivity index (χ2n) is 3.60. The first-order valence-electron chi connectivity index (χ1n) is 5.53. The predicted octanol–water partition coefficient (Wildman–Crippen LogP) is 1.14. The van der Waals surface area contributed by atoms with Crippen LogP contribution in [0.1, 0.15) is 6.92 Å². The Labute approximate surface area is 116 Å².